The van der Waals surface area contributed by atoms with Crippen LogP contribution in [0.15, 0.2) is 20.6 Å². The zero-order valence-electron chi connectivity index (χ0n) is 10.7. The zero-order valence-corrected chi connectivity index (χ0v) is 12.3. The van der Waals surface area contributed by atoms with Crippen molar-refractivity contribution in [2.45, 2.75) is 47.1 Å². The van der Waals surface area contributed by atoms with Crippen LogP contribution in [0.1, 0.15) is 41.0 Å². The Morgan fingerprint density at radius 3 is 2.13 bits per heavy atom. The van der Waals surface area contributed by atoms with Gasteiger partial charge in [-0.1, -0.05) is 0 Å². The van der Waals surface area contributed by atoms with Gasteiger partial charge in [-0.3, -0.25) is 0 Å². The quantitative estimate of drug-likeness (QED) is 0.686. The number of methoxy groups -OCH3 is 1. The molecule has 1 rings (SSSR count). The van der Waals surface area contributed by atoms with Crippen LogP contribution in [0.5, 0.6) is 0 Å². The Labute approximate surface area is 105 Å². The second-order valence-electron chi connectivity index (χ2n) is 4.80. The van der Waals surface area contributed by atoms with Gasteiger partial charge >= 0.3 is 105 Å². The fourth-order valence-corrected chi connectivity index (χ4v) is 3.11. The number of hydrogen-bond acceptors (Lipinski definition) is 1. The molecule has 0 amide bonds. The molecule has 0 aromatic rings. The molecule has 0 N–H and O–H groups in total. The first-order valence-electron chi connectivity index (χ1n) is 5.55. The van der Waals surface area contributed by atoms with Crippen molar-refractivity contribution in [3.05, 3.63) is 20.6 Å². The van der Waals surface area contributed by atoms with Crippen molar-refractivity contribution >= 4 is 0 Å². The minimum atomic E-state index is 0.214. The standard InChI is InChI=1S/C13H21O.Ti/c1-7-12(14-6)11-8-13(4,5)10(3)9(11)2;/h12H,7H2,1-6H3;. The minimum absolute atomic E-state index is 0.214. The molecule has 1 atom stereocenters. The van der Waals surface area contributed by atoms with Gasteiger partial charge < -0.3 is 0 Å². The summed E-state index contributed by atoms with van der Waals surface area (Å²) in [6.45, 7) is 11.3. The van der Waals surface area contributed by atoms with Gasteiger partial charge in [0.1, 0.15) is 0 Å². The first-order chi connectivity index (χ1) is 6.87. The molecule has 0 bridgehead atoms. The van der Waals surface area contributed by atoms with Crippen LogP contribution in [0, 0.1) is 5.41 Å². The molecule has 0 saturated heterocycles. The van der Waals surface area contributed by atoms with E-state index in [0.717, 1.165) is 6.42 Å². The summed E-state index contributed by atoms with van der Waals surface area (Å²) in [4.78, 5) is 0. The van der Waals surface area contributed by atoms with Crippen LogP contribution in [0.3, 0.4) is 0 Å². The summed E-state index contributed by atoms with van der Waals surface area (Å²) in [5, 5.41) is 0. The summed E-state index contributed by atoms with van der Waals surface area (Å²) in [6.07, 6.45) is 1.31. The zero-order chi connectivity index (χ0) is 11.8. The maximum atomic E-state index is 5.57. The second kappa shape index (κ2) is 4.57. The molecule has 0 aromatic carbocycles. The number of rotatable bonds is 3. The Bertz CT molecular complexity index is 319. The molecule has 1 unspecified atom stereocenters. The van der Waals surface area contributed by atoms with Crippen molar-refractivity contribution in [2.75, 3.05) is 7.11 Å². The van der Waals surface area contributed by atoms with Crippen LogP contribution in [0.25, 0.3) is 0 Å². The van der Waals surface area contributed by atoms with Crippen molar-refractivity contribution in [1.29, 1.82) is 0 Å². The van der Waals surface area contributed by atoms with Crippen LogP contribution < -0.4 is 0 Å². The van der Waals surface area contributed by atoms with E-state index in [2.05, 4.69) is 55.1 Å². The van der Waals surface area contributed by atoms with E-state index in [0.29, 0.717) is 0 Å². The summed E-state index contributed by atoms with van der Waals surface area (Å²) in [6, 6.07) is 0. The summed E-state index contributed by atoms with van der Waals surface area (Å²) >= 11 is 2.25. The number of ether oxygens (including phenoxy) is 1. The van der Waals surface area contributed by atoms with E-state index in [-0.39, 0.29) is 11.5 Å². The van der Waals surface area contributed by atoms with Crippen molar-refractivity contribution in [1.82, 2.24) is 0 Å². The van der Waals surface area contributed by atoms with Gasteiger partial charge in [0.15, 0.2) is 0 Å². The molecule has 0 spiro atoms. The summed E-state index contributed by atoms with van der Waals surface area (Å²) in [5.41, 5.74) is 4.57. The Morgan fingerprint density at radius 1 is 1.33 bits per heavy atom. The van der Waals surface area contributed by atoms with E-state index in [4.69, 9.17) is 4.74 Å². The monoisotopic (exact) mass is 241 g/mol. The molecule has 0 aromatic heterocycles. The van der Waals surface area contributed by atoms with Gasteiger partial charge in [-0.15, -0.1) is 0 Å². The van der Waals surface area contributed by atoms with E-state index in [1.807, 2.05) is 7.11 Å². The fraction of sp³-hybridized carbons (Fsp3) is 0.692. The van der Waals surface area contributed by atoms with Gasteiger partial charge in [0.05, 0.1) is 0 Å². The van der Waals surface area contributed by atoms with Crippen molar-refractivity contribution in [3.63, 3.8) is 0 Å². The Balaban J connectivity index is 3.23. The molecule has 1 aliphatic carbocycles. The third-order valence-electron chi connectivity index (χ3n) is 3.78. The Kier molecular flexibility index (Phi) is 4.03. The number of hydrogen-bond donors (Lipinski definition) is 0. The molecule has 1 nitrogen and oxygen atoms in total. The van der Waals surface area contributed by atoms with E-state index < -0.39 is 0 Å². The fourth-order valence-electron chi connectivity index (χ4n) is 2.27. The van der Waals surface area contributed by atoms with Gasteiger partial charge in [0.2, 0.25) is 0 Å². The predicted molar refractivity (Wildman–Crippen MR) is 60.3 cm³/mol. The molecule has 0 radical (unpaired) electrons. The summed E-state index contributed by atoms with van der Waals surface area (Å²) < 4.78 is 7.05. The molecular formula is C13H21OTi. The third-order valence-corrected chi connectivity index (χ3v) is 5.17. The molecule has 0 saturated carbocycles. The molecule has 0 heterocycles. The molecule has 15 heavy (non-hydrogen) atoms. The van der Waals surface area contributed by atoms with Crippen LogP contribution >= 0.6 is 0 Å². The average molecular weight is 241 g/mol. The molecule has 83 valence electrons. The van der Waals surface area contributed by atoms with Crippen LogP contribution in [0.4, 0.5) is 0 Å². The van der Waals surface area contributed by atoms with E-state index in [9.17, 15) is 0 Å². The molecule has 0 fully saturated rings. The van der Waals surface area contributed by atoms with Crippen molar-refractivity contribution in [3.8, 4) is 0 Å². The Morgan fingerprint density at radius 2 is 1.87 bits per heavy atom. The summed E-state index contributed by atoms with van der Waals surface area (Å²) in [5.74, 6) is 0. The second-order valence-corrected chi connectivity index (χ2v) is 5.58. The first kappa shape index (κ1) is 13.2. The Hall–Kier alpha value is 0.154. The molecule has 0 aliphatic heterocycles. The normalized spacial score (nSPS) is 22.5. The van der Waals surface area contributed by atoms with E-state index in [1.54, 1.807) is 0 Å². The van der Waals surface area contributed by atoms with E-state index >= 15 is 0 Å². The molecule has 1 aliphatic rings. The van der Waals surface area contributed by atoms with Gasteiger partial charge in [-0.05, 0) is 0 Å². The average Bonchev–Trinajstić information content (AvgIpc) is 2.34. The van der Waals surface area contributed by atoms with Gasteiger partial charge in [-0.2, -0.15) is 0 Å². The maximum absolute atomic E-state index is 5.57. The van der Waals surface area contributed by atoms with Gasteiger partial charge in [-0.25, -0.2) is 0 Å². The molecular weight excluding hydrogens is 220 g/mol. The van der Waals surface area contributed by atoms with Crippen molar-refractivity contribution < 1.29 is 25.2 Å². The van der Waals surface area contributed by atoms with E-state index in [1.165, 1.54) is 20.6 Å². The van der Waals surface area contributed by atoms with Gasteiger partial charge in [0, 0.05) is 0 Å². The van der Waals surface area contributed by atoms with Crippen molar-refractivity contribution in [2.24, 2.45) is 5.41 Å². The molecule has 2 heteroatoms. The first-order valence-corrected chi connectivity index (χ1v) is 6.33. The van der Waals surface area contributed by atoms with Gasteiger partial charge in [0.25, 0.3) is 0 Å². The van der Waals surface area contributed by atoms with Crippen LogP contribution in [0.2, 0.25) is 0 Å². The topological polar surface area (TPSA) is 9.23 Å². The summed E-state index contributed by atoms with van der Waals surface area (Å²) in [7, 11) is 1.81. The van der Waals surface area contributed by atoms with Crippen LogP contribution in [-0.4, -0.2) is 13.2 Å². The van der Waals surface area contributed by atoms with Crippen LogP contribution in [-0.2, 0) is 25.2 Å². The number of allylic oxidation sites excluding steroid dienone is 2. The predicted octanol–water partition coefficient (Wildman–Crippen LogP) is 3.59. The SMILES string of the molecule is CCC(OC)C1=[C]([Ti])C(C)(C)C(C)=C1C. The third kappa shape index (κ3) is 2.02.